The van der Waals surface area contributed by atoms with E-state index >= 15 is 0 Å². The highest BCUT2D eigenvalue weighted by atomic mass is 79.9. The Bertz CT molecular complexity index is 1220. The largest absolute Gasteiger partial charge is 0.444 e. The van der Waals surface area contributed by atoms with Crippen LogP contribution in [0.2, 0.25) is 0 Å². The Morgan fingerprint density at radius 3 is 2.42 bits per heavy atom. The van der Waals surface area contributed by atoms with Crippen molar-refractivity contribution in [2.24, 2.45) is 7.05 Å². The van der Waals surface area contributed by atoms with Crippen LogP contribution >= 0.6 is 15.9 Å². The molecule has 2 aromatic heterocycles. The second-order valence-corrected chi connectivity index (χ2v) is 10.3. The van der Waals surface area contributed by atoms with E-state index < -0.39 is 5.60 Å². The summed E-state index contributed by atoms with van der Waals surface area (Å²) in [5.74, 6) is -0.218. The number of fused-ring (bicyclic) bond motifs is 1. The number of rotatable bonds is 2. The molecule has 1 aromatic carbocycles. The third-order valence-electron chi connectivity index (χ3n) is 5.94. The molecule has 0 saturated carbocycles. The predicted octanol–water partition coefficient (Wildman–Crippen LogP) is 5.65. The van der Waals surface area contributed by atoms with Gasteiger partial charge in [0.1, 0.15) is 11.4 Å². The van der Waals surface area contributed by atoms with Gasteiger partial charge in [-0.25, -0.2) is 18.9 Å². The second kappa shape index (κ2) is 8.27. The molecule has 0 bridgehead atoms. The molecule has 0 saturated heterocycles. The van der Waals surface area contributed by atoms with Gasteiger partial charge < -0.3 is 14.2 Å². The molecule has 33 heavy (non-hydrogen) atoms. The third-order valence-corrected chi connectivity index (χ3v) is 6.68. The fourth-order valence-corrected chi connectivity index (χ4v) is 4.62. The summed E-state index contributed by atoms with van der Waals surface area (Å²) < 4.78 is 24.5. The number of amides is 1. The number of nitrogens with zero attached hydrogens (tertiary/aromatic N) is 5. The first kappa shape index (κ1) is 23.5. The van der Waals surface area contributed by atoms with Gasteiger partial charge in [0.15, 0.2) is 4.73 Å². The lowest BCUT2D eigenvalue weighted by molar-refractivity contribution is 0.0160. The molecule has 0 unspecified atom stereocenters. The van der Waals surface area contributed by atoms with Gasteiger partial charge in [0.25, 0.3) is 0 Å². The van der Waals surface area contributed by atoms with Crippen LogP contribution in [0.25, 0.3) is 17.1 Å². The Labute approximate surface area is 201 Å². The minimum atomic E-state index is -0.583. The molecular formula is C24H29BrFN5O2. The number of carbonyl (C=O) groups is 1. The first-order valence-corrected chi connectivity index (χ1v) is 11.7. The van der Waals surface area contributed by atoms with Crippen molar-refractivity contribution < 1.29 is 13.9 Å². The molecule has 176 valence electrons. The van der Waals surface area contributed by atoms with Crippen molar-refractivity contribution in [2.75, 3.05) is 6.54 Å². The molecule has 1 amide bonds. The molecule has 7 nitrogen and oxygen atoms in total. The number of ether oxygens (including phenoxy) is 1. The number of hydrogen-bond acceptors (Lipinski definition) is 4. The van der Waals surface area contributed by atoms with Crippen molar-refractivity contribution in [3.63, 3.8) is 0 Å². The molecule has 4 rings (SSSR count). The van der Waals surface area contributed by atoms with Gasteiger partial charge in [-0.1, -0.05) is 0 Å². The Kier molecular flexibility index (Phi) is 5.88. The van der Waals surface area contributed by atoms with Crippen LogP contribution in [0.3, 0.4) is 0 Å². The third kappa shape index (κ3) is 4.18. The van der Waals surface area contributed by atoms with Gasteiger partial charge in [-0.3, -0.25) is 0 Å². The quantitative estimate of drug-likeness (QED) is 0.440. The fraction of sp³-hybridized carbons (Fsp3) is 0.458. The normalized spacial score (nSPS) is 16.2. The first-order chi connectivity index (χ1) is 15.4. The molecule has 1 aliphatic rings. The molecule has 0 radical (unpaired) electrons. The molecule has 1 atom stereocenters. The highest BCUT2D eigenvalue weighted by molar-refractivity contribution is 9.10. The Morgan fingerprint density at radius 1 is 1.24 bits per heavy atom. The predicted molar refractivity (Wildman–Crippen MR) is 128 cm³/mol. The van der Waals surface area contributed by atoms with E-state index in [1.54, 1.807) is 37.1 Å². The van der Waals surface area contributed by atoms with Crippen LogP contribution in [0.4, 0.5) is 9.18 Å². The van der Waals surface area contributed by atoms with Crippen molar-refractivity contribution >= 4 is 22.0 Å². The van der Waals surface area contributed by atoms with Gasteiger partial charge >= 0.3 is 6.09 Å². The smallest absolute Gasteiger partial charge is 0.410 e. The van der Waals surface area contributed by atoms with Gasteiger partial charge in [0.2, 0.25) is 0 Å². The summed E-state index contributed by atoms with van der Waals surface area (Å²) in [5, 5.41) is 4.94. The summed E-state index contributed by atoms with van der Waals surface area (Å²) >= 11 is 3.48. The molecule has 3 aromatic rings. The number of imidazole rings is 1. The molecule has 0 N–H and O–H groups in total. The average Bonchev–Trinajstić information content (AvgIpc) is 3.25. The summed E-state index contributed by atoms with van der Waals surface area (Å²) in [5.41, 5.74) is 4.82. The summed E-state index contributed by atoms with van der Waals surface area (Å²) in [6, 6.07) is 3.33. The van der Waals surface area contributed by atoms with E-state index in [0.29, 0.717) is 28.8 Å². The number of halogens is 2. The summed E-state index contributed by atoms with van der Waals surface area (Å²) in [4.78, 5) is 19.1. The number of aromatic nitrogens is 4. The van der Waals surface area contributed by atoms with Crippen molar-refractivity contribution in [3.05, 3.63) is 51.3 Å². The van der Waals surface area contributed by atoms with Gasteiger partial charge in [-0.2, -0.15) is 5.10 Å². The second-order valence-electron chi connectivity index (χ2n) is 9.59. The summed E-state index contributed by atoms with van der Waals surface area (Å²) in [6.07, 6.45) is 2.02. The SMILES string of the molecule is Cc1cc(-n2nc3c(c2-c2cnc(Br)n2C)[C@H](C)N(C(=O)OC(C)(C)C)CC3)cc(C)c1F. The van der Waals surface area contributed by atoms with Crippen LogP contribution < -0.4 is 0 Å². The van der Waals surface area contributed by atoms with E-state index in [9.17, 15) is 9.18 Å². The van der Waals surface area contributed by atoms with E-state index in [1.165, 1.54) is 0 Å². The van der Waals surface area contributed by atoms with Gasteiger partial charge in [0, 0.05) is 25.6 Å². The molecule has 0 aliphatic carbocycles. The maximum atomic E-state index is 14.4. The fourth-order valence-electron chi connectivity index (χ4n) is 4.33. The minimum absolute atomic E-state index is 0.218. The number of benzene rings is 1. The summed E-state index contributed by atoms with van der Waals surface area (Å²) in [7, 11) is 1.91. The Hall–Kier alpha value is -2.68. The van der Waals surface area contributed by atoms with E-state index in [2.05, 4.69) is 20.9 Å². The highest BCUT2D eigenvalue weighted by Gasteiger charge is 2.37. The monoisotopic (exact) mass is 517 g/mol. The zero-order valence-electron chi connectivity index (χ0n) is 20.0. The van der Waals surface area contributed by atoms with Crippen LogP contribution in [0.1, 0.15) is 56.1 Å². The number of aryl methyl sites for hydroxylation is 2. The zero-order valence-corrected chi connectivity index (χ0v) is 21.6. The molecule has 3 heterocycles. The van der Waals surface area contributed by atoms with Crippen LogP contribution in [0.5, 0.6) is 0 Å². The average molecular weight is 518 g/mol. The van der Waals surface area contributed by atoms with Crippen LogP contribution in [0.15, 0.2) is 23.1 Å². The van der Waals surface area contributed by atoms with Crippen molar-refractivity contribution in [1.29, 1.82) is 0 Å². The van der Waals surface area contributed by atoms with Gasteiger partial charge in [-0.15, -0.1) is 0 Å². The van der Waals surface area contributed by atoms with E-state index in [1.807, 2.05) is 44.0 Å². The maximum Gasteiger partial charge on any atom is 0.410 e. The number of carbonyl (C=O) groups excluding carboxylic acids is 1. The topological polar surface area (TPSA) is 65.2 Å². The molecular weight excluding hydrogens is 489 g/mol. The van der Waals surface area contributed by atoms with E-state index in [-0.39, 0.29) is 18.0 Å². The van der Waals surface area contributed by atoms with E-state index in [0.717, 1.165) is 28.3 Å². The lowest BCUT2D eigenvalue weighted by Crippen LogP contribution is -2.42. The van der Waals surface area contributed by atoms with Crippen LogP contribution in [-0.2, 0) is 18.2 Å². The van der Waals surface area contributed by atoms with Gasteiger partial charge in [0.05, 0.1) is 35.0 Å². The Morgan fingerprint density at radius 2 is 1.88 bits per heavy atom. The van der Waals surface area contributed by atoms with Crippen LogP contribution in [-0.4, -0.2) is 42.5 Å². The lowest BCUT2D eigenvalue weighted by Gasteiger charge is -2.35. The zero-order chi connectivity index (χ0) is 24.2. The first-order valence-electron chi connectivity index (χ1n) is 10.9. The number of hydrogen-bond donors (Lipinski definition) is 0. The maximum absolute atomic E-state index is 14.4. The van der Waals surface area contributed by atoms with Crippen LogP contribution in [0, 0.1) is 19.7 Å². The molecule has 0 spiro atoms. The van der Waals surface area contributed by atoms with Crippen molar-refractivity contribution in [3.8, 4) is 17.1 Å². The Balaban J connectivity index is 1.91. The van der Waals surface area contributed by atoms with E-state index in [4.69, 9.17) is 9.84 Å². The molecule has 9 heteroatoms. The molecule has 1 aliphatic heterocycles. The molecule has 0 fully saturated rings. The standard InChI is InChI=1S/C24H29BrFN5O2/c1-13-10-16(11-14(2)20(13)26)31-21(18-12-27-22(25)29(18)7)19-15(3)30(9-8-17(19)28-31)23(32)33-24(4,5)6/h10-12,15H,8-9H2,1-7H3/t15-/m0/s1. The van der Waals surface area contributed by atoms with Crippen molar-refractivity contribution in [1.82, 2.24) is 24.2 Å². The van der Waals surface area contributed by atoms with Crippen molar-refractivity contribution in [2.45, 2.75) is 59.6 Å². The lowest BCUT2D eigenvalue weighted by atomic mass is 9.96. The summed E-state index contributed by atoms with van der Waals surface area (Å²) in [6.45, 7) is 11.6. The minimum Gasteiger partial charge on any atom is -0.444 e. The highest BCUT2D eigenvalue weighted by Crippen LogP contribution is 2.40. The van der Waals surface area contributed by atoms with Gasteiger partial charge in [-0.05, 0) is 80.7 Å².